The SMILES string of the molecule is CC(=O)NC[C@H]1CN(c2ccc(N3CCN(C(=O)c4cc(Cl)no4)CC3)c(F)c2)C(=O)O1. The molecular weight excluding hydrogens is 445 g/mol. The van der Waals surface area contributed by atoms with E-state index in [1.54, 1.807) is 17.0 Å². The highest BCUT2D eigenvalue weighted by atomic mass is 35.5. The molecule has 0 unspecified atom stereocenters. The predicted molar refractivity (Wildman–Crippen MR) is 112 cm³/mol. The number of nitrogens with zero attached hydrogens (tertiary/aromatic N) is 4. The van der Waals surface area contributed by atoms with Crippen LogP contribution in [-0.4, -0.2) is 73.3 Å². The minimum absolute atomic E-state index is 0.0632. The summed E-state index contributed by atoms with van der Waals surface area (Å²) in [6, 6.07) is 5.89. The molecule has 2 aliphatic rings. The van der Waals surface area contributed by atoms with Gasteiger partial charge in [0, 0.05) is 39.2 Å². The van der Waals surface area contributed by atoms with E-state index in [9.17, 15) is 18.8 Å². The van der Waals surface area contributed by atoms with Gasteiger partial charge in [0.1, 0.15) is 11.9 Å². The molecule has 10 nitrogen and oxygen atoms in total. The number of cyclic esters (lactones) is 1. The van der Waals surface area contributed by atoms with Gasteiger partial charge in [-0.2, -0.15) is 0 Å². The van der Waals surface area contributed by atoms with Crippen molar-refractivity contribution in [3.05, 3.63) is 41.0 Å². The number of carbonyl (C=O) groups is 3. The fourth-order valence-electron chi connectivity index (χ4n) is 3.68. The van der Waals surface area contributed by atoms with Gasteiger partial charge in [0.15, 0.2) is 5.15 Å². The lowest BCUT2D eigenvalue weighted by Crippen LogP contribution is -2.49. The highest BCUT2D eigenvalue weighted by Gasteiger charge is 2.33. The van der Waals surface area contributed by atoms with Crippen LogP contribution in [0.1, 0.15) is 17.5 Å². The van der Waals surface area contributed by atoms with Crippen LogP contribution < -0.4 is 15.1 Å². The monoisotopic (exact) mass is 465 g/mol. The molecule has 4 rings (SSSR count). The number of aromatic nitrogens is 1. The van der Waals surface area contributed by atoms with Crippen LogP contribution in [-0.2, 0) is 9.53 Å². The molecule has 2 fully saturated rings. The minimum Gasteiger partial charge on any atom is -0.442 e. The Bertz CT molecular complexity index is 1040. The second kappa shape index (κ2) is 9.03. The average Bonchev–Trinajstić information content (AvgIpc) is 3.37. The molecule has 0 saturated carbocycles. The van der Waals surface area contributed by atoms with E-state index in [2.05, 4.69) is 10.5 Å². The molecule has 0 aliphatic carbocycles. The topological polar surface area (TPSA) is 108 Å². The van der Waals surface area contributed by atoms with Gasteiger partial charge in [0.2, 0.25) is 11.7 Å². The molecule has 0 spiro atoms. The fourth-order valence-corrected chi connectivity index (χ4v) is 3.81. The highest BCUT2D eigenvalue weighted by Crippen LogP contribution is 2.28. The van der Waals surface area contributed by atoms with Crippen molar-refractivity contribution >= 4 is 40.9 Å². The number of nitrogens with one attached hydrogen (secondary N) is 1. The molecular formula is C20H21ClFN5O5. The van der Waals surface area contributed by atoms with Crippen molar-refractivity contribution in [1.29, 1.82) is 0 Å². The van der Waals surface area contributed by atoms with Gasteiger partial charge in [-0.25, -0.2) is 9.18 Å². The smallest absolute Gasteiger partial charge is 0.414 e. The van der Waals surface area contributed by atoms with Gasteiger partial charge in [-0.3, -0.25) is 14.5 Å². The number of anilines is 2. The molecule has 170 valence electrons. The maximum Gasteiger partial charge on any atom is 0.414 e. The largest absolute Gasteiger partial charge is 0.442 e. The second-order valence-electron chi connectivity index (χ2n) is 7.48. The van der Waals surface area contributed by atoms with Crippen LogP contribution in [0.2, 0.25) is 5.15 Å². The van der Waals surface area contributed by atoms with E-state index < -0.39 is 18.0 Å². The predicted octanol–water partition coefficient (Wildman–Crippen LogP) is 1.89. The molecule has 1 aromatic carbocycles. The van der Waals surface area contributed by atoms with Gasteiger partial charge in [-0.1, -0.05) is 16.8 Å². The van der Waals surface area contributed by atoms with Crippen LogP contribution in [0.5, 0.6) is 0 Å². The molecule has 0 bridgehead atoms. The van der Waals surface area contributed by atoms with Crippen LogP contribution in [0.3, 0.4) is 0 Å². The summed E-state index contributed by atoms with van der Waals surface area (Å²) in [5.74, 6) is -0.960. The van der Waals surface area contributed by atoms with Gasteiger partial charge in [0.05, 0.1) is 24.5 Å². The van der Waals surface area contributed by atoms with Crippen molar-refractivity contribution < 1.29 is 28.0 Å². The van der Waals surface area contributed by atoms with E-state index in [0.717, 1.165) is 0 Å². The Labute approximate surface area is 187 Å². The summed E-state index contributed by atoms with van der Waals surface area (Å²) in [4.78, 5) is 40.4. The number of hydrogen-bond acceptors (Lipinski definition) is 7. The lowest BCUT2D eigenvalue weighted by molar-refractivity contribution is -0.119. The third-order valence-electron chi connectivity index (χ3n) is 5.30. The first-order valence-corrected chi connectivity index (χ1v) is 10.4. The van der Waals surface area contributed by atoms with E-state index in [0.29, 0.717) is 37.6 Å². The molecule has 2 aromatic rings. The van der Waals surface area contributed by atoms with Crippen molar-refractivity contribution in [3.8, 4) is 0 Å². The van der Waals surface area contributed by atoms with Crippen LogP contribution in [0, 0.1) is 5.82 Å². The van der Waals surface area contributed by atoms with Crippen molar-refractivity contribution in [1.82, 2.24) is 15.4 Å². The number of carbonyl (C=O) groups excluding carboxylic acids is 3. The normalized spacial score (nSPS) is 18.7. The summed E-state index contributed by atoms with van der Waals surface area (Å²) in [7, 11) is 0. The maximum atomic E-state index is 14.9. The maximum absolute atomic E-state index is 14.9. The molecule has 12 heteroatoms. The zero-order valence-electron chi connectivity index (χ0n) is 17.2. The fraction of sp³-hybridized carbons (Fsp3) is 0.400. The van der Waals surface area contributed by atoms with Crippen molar-refractivity contribution in [2.45, 2.75) is 13.0 Å². The standard InChI is InChI=1S/C20H21ClFN5O5/c1-12(28)23-10-14-11-27(20(30)31-14)13-2-3-16(15(22)8-13)25-4-6-26(7-5-25)19(29)17-9-18(21)24-32-17/h2-3,8-9,14H,4-7,10-11H2,1H3,(H,23,28)/t14-/m0/s1. The van der Waals surface area contributed by atoms with Gasteiger partial charge >= 0.3 is 6.09 Å². The number of rotatable bonds is 5. The minimum atomic E-state index is -0.591. The van der Waals surface area contributed by atoms with Gasteiger partial charge in [0.25, 0.3) is 5.91 Å². The third kappa shape index (κ3) is 4.62. The number of halogens is 2. The zero-order valence-corrected chi connectivity index (χ0v) is 18.0. The van der Waals surface area contributed by atoms with Crippen molar-refractivity contribution in [2.24, 2.45) is 0 Å². The number of benzene rings is 1. The van der Waals surface area contributed by atoms with E-state index in [-0.39, 0.29) is 35.8 Å². The number of ether oxygens (including phenoxy) is 1. The van der Waals surface area contributed by atoms with Crippen LogP contribution >= 0.6 is 11.6 Å². The Morgan fingerprint density at radius 2 is 2.00 bits per heavy atom. The van der Waals surface area contributed by atoms with E-state index in [1.807, 2.05) is 4.90 Å². The average molecular weight is 466 g/mol. The first kappa shape index (κ1) is 21.9. The van der Waals surface area contributed by atoms with Gasteiger partial charge < -0.3 is 24.4 Å². The lowest BCUT2D eigenvalue weighted by atomic mass is 10.2. The quantitative estimate of drug-likeness (QED) is 0.718. The summed E-state index contributed by atoms with van der Waals surface area (Å²) >= 11 is 5.69. The van der Waals surface area contributed by atoms with Gasteiger partial charge in [-0.15, -0.1) is 0 Å². The number of amides is 3. The lowest BCUT2D eigenvalue weighted by Gasteiger charge is -2.35. The number of piperazine rings is 1. The Hall–Kier alpha value is -3.34. The summed E-state index contributed by atoms with van der Waals surface area (Å²) in [5, 5.41) is 6.21. The van der Waals surface area contributed by atoms with Crippen molar-refractivity contribution in [2.75, 3.05) is 49.1 Å². The molecule has 0 radical (unpaired) electrons. The van der Waals surface area contributed by atoms with Gasteiger partial charge in [-0.05, 0) is 18.2 Å². The zero-order chi connectivity index (χ0) is 22.8. The van der Waals surface area contributed by atoms with Crippen molar-refractivity contribution in [3.63, 3.8) is 0 Å². The van der Waals surface area contributed by atoms with E-state index >= 15 is 0 Å². The molecule has 32 heavy (non-hydrogen) atoms. The molecule has 2 saturated heterocycles. The molecule has 1 aromatic heterocycles. The summed E-state index contributed by atoms with van der Waals surface area (Å²) in [6.07, 6.45) is -1.09. The first-order chi connectivity index (χ1) is 15.3. The molecule has 3 amide bonds. The first-order valence-electron chi connectivity index (χ1n) is 10.0. The summed E-state index contributed by atoms with van der Waals surface area (Å²) < 4.78 is 25.0. The molecule has 1 atom stereocenters. The summed E-state index contributed by atoms with van der Waals surface area (Å²) in [6.45, 7) is 3.39. The van der Waals surface area contributed by atoms with E-state index in [1.165, 1.54) is 24.0 Å². The second-order valence-corrected chi connectivity index (χ2v) is 7.87. The van der Waals surface area contributed by atoms with Crippen LogP contribution in [0.25, 0.3) is 0 Å². The molecule has 1 N–H and O–H groups in total. The van der Waals surface area contributed by atoms with Crippen LogP contribution in [0.15, 0.2) is 28.8 Å². The summed E-state index contributed by atoms with van der Waals surface area (Å²) in [5.41, 5.74) is 0.753. The van der Waals surface area contributed by atoms with E-state index in [4.69, 9.17) is 20.9 Å². The number of hydrogen-bond donors (Lipinski definition) is 1. The Balaban J connectivity index is 1.37. The highest BCUT2D eigenvalue weighted by molar-refractivity contribution is 6.29. The molecule has 2 aliphatic heterocycles. The Kier molecular flexibility index (Phi) is 6.17. The third-order valence-corrected chi connectivity index (χ3v) is 5.47. The Morgan fingerprint density at radius 1 is 1.25 bits per heavy atom. The van der Waals surface area contributed by atoms with Crippen LogP contribution in [0.4, 0.5) is 20.6 Å². The molecule has 3 heterocycles. The Morgan fingerprint density at radius 3 is 2.62 bits per heavy atom.